The van der Waals surface area contributed by atoms with Gasteiger partial charge in [0.2, 0.25) is 0 Å². The first kappa shape index (κ1) is 17.0. The highest BCUT2D eigenvalue weighted by Crippen LogP contribution is 2.34. The summed E-state index contributed by atoms with van der Waals surface area (Å²) in [7, 11) is 0. The number of carbonyl (C=O) groups excluding carboxylic acids is 1. The van der Waals surface area contributed by atoms with Crippen LogP contribution in [-0.2, 0) is 6.42 Å². The van der Waals surface area contributed by atoms with Crippen LogP contribution < -0.4 is 10.6 Å². The number of urea groups is 1. The van der Waals surface area contributed by atoms with Gasteiger partial charge in [0.05, 0.1) is 0 Å². The summed E-state index contributed by atoms with van der Waals surface area (Å²) in [5.41, 5.74) is 3.21. The average molecular weight is 350 g/mol. The Kier molecular flexibility index (Phi) is 4.89. The number of anilines is 1. The minimum absolute atomic E-state index is 0.106. The van der Waals surface area contributed by atoms with Gasteiger partial charge >= 0.3 is 6.03 Å². The number of hydrogen-bond acceptors (Lipinski definition) is 3. The number of rotatable bonds is 4. The number of hydrogen-bond donors (Lipinski definition) is 2. The zero-order valence-electron chi connectivity index (χ0n) is 15.2. The zero-order chi connectivity index (χ0) is 17.9. The van der Waals surface area contributed by atoms with E-state index >= 15 is 0 Å². The van der Waals surface area contributed by atoms with Crippen molar-refractivity contribution in [3.05, 3.63) is 59.9 Å². The molecule has 0 aliphatic carbocycles. The summed E-state index contributed by atoms with van der Waals surface area (Å²) in [6.07, 6.45) is 7.01. The fourth-order valence-corrected chi connectivity index (χ4v) is 4.42. The molecule has 1 aromatic carbocycles. The molecule has 3 fully saturated rings. The third kappa shape index (κ3) is 3.73. The van der Waals surface area contributed by atoms with E-state index in [1.54, 1.807) is 0 Å². The number of pyridine rings is 1. The van der Waals surface area contributed by atoms with Crippen LogP contribution in [-0.4, -0.2) is 41.1 Å². The third-order valence-electron chi connectivity index (χ3n) is 5.71. The highest BCUT2D eigenvalue weighted by Gasteiger charge is 2.42. The van der Waals surface area contributed by atoms with Crippen LogP contribution in [0.3, 0.4) is 0 Å². The van der Waals surface area contributed by atoms with Crippen molar-refractivity contribution in [2.24, 2.45) is 5.92 Å². The first-order valence-corrected chi connectivity index (χ1v) is 9.46. The summed E-state index contributed by atoms with van der Waals surface area (Å²) in [4.78, 5) is 19.4. The molecule has 2 aromatic rings. The van der Waals surface area contributed by atoms with Crippen LogP contribution in [0.4, 0.5) is 10.5 Å². The second kappa shape index (κ2) is 7.46. The van der Waals surface area contributed by atoms with Gasteiger partial charge in [-0.05, 0) is 74.5 Å². The molecule has 1 aromatic heterocycles. The van der Waals surface area contributed by atoms with Gasteiger partial charge in [-0.3, -0.25) is 9.88 Å². The largest absolute Gasteiger partial charge is 0.333 e. The Morgan fingerprint density at radius 3 is 2.81 bits per heavy atom. The summed E-state index contributed by atoms with van der Waals surface area (Å²) in [5, 5.41) is 6.27. The number of nitrogens with one attached hydrogen (secondary N) is 2. The van der Waals surface area contributed by atoms with Crippen molar-refractivity contribution in [3.63, 3.8) is 0 Å². The summed E-state index contributed by atoms with van der Waals surface area (Å²) in [6, 6.07) is 12.4. The molecule has 0 spiro atoms. The topological polar surface area (TPSA) is 57.3 Å². The van der Waals surface area contributed by atoms with Gasteiger partial charge in [0.15, 0.2) is 0 Å². The molecule has 4 heterocycles. The van der Waals surface area contributed by atoms with E-state index in [1.165, 1.54) is 18.4 Å². The molecular weight excluding hydrogens is 324 g/mol. The van der Waals surface area contributed by atoms with Crippen LogP contribution >= 0.6 is 0 Å². The first-order chi connectivity index (χ1) is 12.7. The number of fused-ring (bicyclic) bond motifs is 3. The third-order valence-corrected chi connectivity index (χ3v) is 5.71. The molecule has 3 aliphatic rings. The Balaban J connectivity index is 1.46. The van der Waals surface area contributed by atoms with Crippen molar-refractivity contribution in [3.8, 4) is 0 Å². The Bertz CT molecular complexity index is 756. The van der Waals surface area contributed by atoms with Crippen molar-refractivity contribution >= 4 is 11.7 Å². The lowest BCUT2D eigenvalue weighted by Crippen LogP contribution is -2.64. The van der Waals surface area contributed by atoms with Gasteiger partial charge in [-0.1, -0.05) is 18.2 Å². The van der Waals surface area contributed by atoms with E-state index in [2.05, 4.69) is 26.6 Å². The molecule has 5 rings (SSSR count). The SMILES string of the molecule is Cc1cccc(NC(=O)N[C@H]2C3CCN(CC3)[C@H]2Cc2cccnc2)c1. The molecule has 5 nitrogen and oxygen atoms in total. The number of aryl methyl sites for hydroxylation is 1. The molecule has 2 bridgehead atoms. The Labute approximate surface area is 154 Å². The quantitative estimate of drug-likeness (QED) is 0.890. The lowest BCUT2D eigenvalue weighted by atomic mass is 9.77. The van der Waals surface area contributed by atoms with Gasteiger partial charge in [0, 0.05) is 30.2 Å². The number of amides is 2. The maximum atomic E-state index is 12.6. The average Bonchev–Trinajstić information content (AvgIpc) is 2.65. The molecule has 0 radical (unpaired) electrons. The summed E-state index contributed by atoms with van der Waals surface area (Å²) in [5.74, 6) is 0.560. The van der Waals surface area contributed by atoms with E-state index in [0.717, 1.165) is 30.8 Å². The van der Waals surface area contributed by atoms with E-state index in [-0.39, 0.29) is 12.1 Å². The molecule has 0 saturated carbocycles. The summed E-state index contributed by atoms with van der Waals surface area (Å²) < 4.78 is 0. The van der Waals surface area contributed by atoms with Crippen LogP contribution in [0.15, 0.2) is 48.8 Å². The van der Waals surface area contributed by atoms with Crippen molar-refractivity contribution in [1.82, 2.24) is 15.2 Å². The van der Waals surface area contributed by atoms with E-state index in [4.69, 9.17) is 0 Å². The van der Waals surface area contributed by atoms with Crippen molar-refractivity contribution in [2.75, 3.05) is 18.4 Å². The van der Waals surface area contributed by atoms with Gasteiger partial charge < -0.3 is 10.6 Å². The van der Waals surface area contributed by atoms with Crippen LogP contribution in [0.5, 0.6) is 0 Å². The summed E-state index contributed by atoms with van der Waals surface area (Å²) in [6.45, 7) is 4.29. The number of carbonyl (C=O) groups is 1. The first-order valence-electron chi connectivity index (χ1n) is 9.46. The zero-order valence-corrected chi connectivity index (χ0v) is 15.2. The van der Waals surface area contributed by atoms with E-state index in [9.17, 15) is 4.79 Å². The monoisotopic (exact) mass is 350 g/mol. The molecule has 3 aliphatic heterocycles. The van der Waals surface area contributed by atoms with Crippen molar-refractivity contribution in [1.29, 1.82) is 0 Å². The van der Waals surface area contributed by atoms with Crippen LogP contribution in [0.2, 0.25) is 0 Å². The second-order valence-corrected chi connectivity index (χ2v) is 7.50. The van der Waals surface area contributed by atoms with Crippen LogP contribution in [0.25, 0.3) is 0 Å². The number of aromatic nitrogens is 1. The minimum atomic E-state index is -0.106. The van der Waals surface area contributed by atoms with E-state index < -0.39 is 0 Å². The van der Waals surface area contributed by atoms with Gasteiger partial charge in [0.1, 0.15) is 0 Å². The fourth-order valence-electron chi connectivity index (χ4n) is 4.42. The lowest BCUT2D eigenvalue weighted by Gasteiger charge is -2.51. The molecule has 136 valence electrons. The maximum absolute atomic E-state index is 12.6. The molecule has 2 atom stereocenters. The van der Waals surface area contributed by atoms with Gasteiger partial charge in [0.25, 0.3) is 0 Å². The predicted octanol–water partition coefficient (Wildman–Crippen LogP) is 3.22. The normalized spacial score (nSPS) is 27.1. The van der Waals surface area contributed by atoms with Crippen LogP contribution in [0, 0.1) is 12.8 Å². The standard InChI is InChI=1S/C21H26N4O/c1-15-4-2-6-18(12-15)23-21(26)24-20-17-7-10-25(11-8-17)19(20)13-16-5-3-9-22-14-16/h2-6,9,12,14,17,19-20H,7-8,10-11,13H2,1H3,(H2,23,24,26)/t19-,20-/m0/s1. The van der Waals surface area contributed by atoms with Gasteiger partial charge in [-0.2, -0.15) is 0 Å². The Morgan fingerprint density at radius 1 is 1.23 bits per heavy atom. The van der Waals surface area contributed by atoms with Gasteiger partial charge in [-0.15, -0.1) is 0 Å². The van der Waals surface area contributed by atoms with Crippen molar-refractivity contribution < 1.29 is 4.79 Å². The predicted molar refractivity (Wildman–Crippen MR) is 103 cm³/mol. The van der Waals surface area contributed by atoms with E-state index in [0.29, 0.717) is 12.0 Å². The highest BCUT2D eigenvalue weighted by molar-refractivity contribution is 5.89. The number of nitrogens with zero attached hydrogens (tertiary/aromatic N) is 2. The molecule has 0 unspecified atom stereocenters. The smallest absolute Gasteiger partial charge is 0.319 e. The fraction of sp³-hybridized carbons (Fsp3) is 0.429. The van der Waals surface area contributed by atoms with Gasteiger partial charge in [-0.25, -0.2) is 4.79 Å². The Hall–Kier alpha value is -2.40. The number of piperidine rings is 3. The second-order valence-electron chi connectivity index (χ2n) is 7.50. The van der Waals surface area contributed by atoms with Crippen LogP contribution in [0.1, 0.15) is 24.0 Å². The summed E-state index contributed by atoms with van der Waals surface area (Å²) >= 11 is 0. The molecule has 26 heavy (non-hydrogen) atoms. The minimum Gasteiger partial charge on any atom is -0.333 e. The maximum Gasteiger partial charge on any atom is 0.319 e. The van der Waals surface area contributed by atoms with E-state index in [1.807, 2.05) is 49.6 Å². The Morgan fingerprint density at radius 2 is 2.08 bits per heavy atom. The highest BCUT2D eigenvalue weighted by atomic mass is 16.2. The molecule has 2 N–H and O–H groups in total. The molecular formula is C21H26N4O. The number of benzene rings is 1. The molecule has 2 amide bonds. The lowest BCUT2D eigenvalue weighted by molar-refractivity contribution is 0.0184. The molecule has 3 saturated heterocycles. The van der Waals surface area contributed by atoms with Crippen molar-refractivity contribution in [2.45, 2.75) is 38.3 Å². The molecule has 5 heteroatoms.